The van der Waals surface area contributed by atoms with Crippen LogP contribution in [0.3, 0.4) is 0 Å². The first kappa shape index (κ1) is 19.0. The van der Waals surface area contributed by atoms with Crippen LogP contribution < -0.4 is 0 Å². The number of allylic oxidation sites excluding steroid dienone is 4. The molecule has 1 heterocycles. The van der Waals surface area contributed by atoms with E-state index < -0.39 is 0 Å². The van der Waals surface area contributed by atoms with E-state index in [1.807, 2.05) is 24.3 Å². The van der Waals surface area contributed by atoms with E-state index in [0.717, 1.165) is 48.0 Å². The van der Waals surface area contributed by atoms with Gasteiger partial charge in [0.2, 0.25) is 5.82 Å². The van der Waals surface area contributed by atoms with Crippen LogP contribution in [0.2, 0.25) is 0 Å². The summed E-state index contributed by atoms with van der Waals surface area (Å²) in [5, 5.41) is 15.0. The Morgan fingerprint density at radius 2 is 1.76 bits per heavy atom. The number of halogens is 2. The fourth-order valence-electron chi connectivity index (χ4n) is 5.50. The molecule has 0 aliphatic heterocycles. The quantitative estimate of drug-likeness (QED) is 0.700. The number of H-pyrrole nitrogens is 1. The lowest BCUT2D eigenvalue weighted by Crippen LogP contribution is -2.30. The Morgan fingerprint density at radius 1 is 1.07 bits per heavy atom. The largest absolute Gasteiger partial charge is 0.294 e. The Labute approximate surface area is 179 Å². The molecule has 0 radical (unpaired) electrons. The van der Waals surface area contributed by atoms with E-state index in [1.165, 1.54) is 12.8 Å². The number of hydrogen-bond donors (Lipinski definition) is 1. The summed E-state index contributed by atoms with van der Waals surface area (Å²) in [5.74, 6) is 1.39. The first-order valence-corrected chi connectivity index (χ1v) is 10.9. The van der Waals surface area contributed by atoms with Crippen molar-refractivity contribution in [3.63, 3.8) is 0 Å². The molecule has 2 saturated carbocycles. The Balaban J connectivity index is 1.47. The summed E-state index contributed by atoms with van der Waals surface area (Å²) in [6.45, 7) is 2.15. The number of aromatic amines is 1. The van der Waals surface area contributed by atoms with Crippen molar-refractivity contribution in [3.8, 4) is 11.4 Å². The minimum Gasteiger partial charge on any atom is -0.294 e. The van der Waals surface area contributed by atoms with Crippen molar-refractivity contribution >= 4 is 34.6 Å². The predicted octanol–water partition coefficient (Wildman–Crippen LogP) is 5.50. The minimum atomic E-state index is -0.300. The lowest BCUT2D eigenvalue weighted by Gasteiger charge is -2.29. The van der Waals surface area contributed by atoms with Crippen LogP contribution in [0.25, 0.3) is 17.0 Å². The van der Waals surface area contributed by atoms with Crippen LogP contribution in [0.5, 0.6) is 0 Å². The number of carbonyl (C=O) groups excluding carboxylic acids is 1. The predicted molar refractivity (Wildman–Crippen MR) is 113 cm³/mol. The molecular weight excluding hydrogens is 407 g/mol. The number of Topliss-reactive ketones (excluding diaryl/α,β-unsaturated/α-hetero) is 1. The van der Waals surface area contributed by atoms with E-state index >= 15 is 0 Å². The maximum Gasteiger partial charge on any atom is 0.204 e. The van der Waals surface area contributed by atoms with Crippen LogP contribution in [0.15, 0.2) is 39.9 Å². The second-order valence-corrected chi connectivity index (χ2v) is 9.42. The zero-order valence-electron chi connectivity index (χ0n) is 16.2. The van der Waals surface area contributed by atoms with Crippen molar-refractivity contribution in [2.75, 3.05) is 0 Å². The fraction of sp³-hybridized carbons (Fsp3) is 0.455. The fourth-order valence-corrected chi connectivity index (χ4v) is 6.15. The summed E-state index contributed by atoms with van der Waals surface area (Å²) in [6.07, 6.45) is 6.36. The Hall–Kier alpha value is -1.98. The Morgan fingerprint density at radius 3 is 2.41 bits per heavy atom. The van der Waals surface area contributed by atoms with Gasteiger partial charge >= 0.3 is 0 Å². The van der Waals surface area contributed by atoms with E-state index in [9.17, 15) is 4.79 Å². The number of hydrogen-bond acceptors (Lipinski definition) is 4. The molecule has 3 aliphatic rings. The summed E-state index contributed by atoms with van der Waals surface area (Å²) < 4.78 is 0. The van der Waals surface area contributed by atoms with Gasteiger partial charge in [0.15, 0.2) is 5.78 Å². The Bertz CT molecular complexity index is 1020. The van der Waals surface area contributed by atoms with Crippen LogP contribution in [-0.4, -0.2) is 26.4 Å². The number of ketones is 1. The third-order valence-electron chi connectivity index (χ3n) is 7.08. The third-order valence-corrected chi connectivity index (χ3v) is 7.99. The van der Waals surface area contributed by atoms with E-state index in [-0.39, 0.29) is 17.1 Å². The molecule has 150 valence electrons. The lowest BCUT2D eigenvalue weighted by atomic mass is 9.73. The van der Waals surface area contributed by atoms with Gasteiger partial charge in [-0.1, -0.05) is 67.2 Å². The average Bonchev–Trinajstić information content (AvgIpc) is 3.48. The monoisotopic (exact) mass is 428 g/mol. The summed E-state index contributed by atoms with van der Waals surface area (Å²) in [6, 6.07) is 7.91. The number of benzene rings is 1. The molecule has 2 atom stereocenters. The highest BCUT2D eigenvalue weighted by Gasteiger charge is 2.53. The zero-order chi connectivity index (χ0) is 20.2. The van der Waals surface area contributed by atoms with Gasteiger partial charge in [-0.15, -0.1) is 10.2 Å². The highest BCUT2D eigenvalue weighted by molar-refractivity contribution is 6.47. The van der Waals surface area contributed by atoms with Crippen molar-refractivity contribution in [1.29, 1.82) is 0 Å². The topological polar surface area (TPSA) is 71.5 Å². The van der Waals surface area contributed by atoms with Crippen molar-refractivity contribution in [2.24, 2.45) is 17.3 Å². The van der Waals surface area contributed by atoms with Gasteiger partial charge in [-0.25, -0.2) is 0 Å². The molecule has 3 aliphatic carbocycles. The van der Waals surface area contributed by atoms with Gasteiger partial charge in [0.05, 0.1) is 10.1 Å². The summed E-state index contributed by atoms with van der Waals surface area (Å²) in [5.41, 5.74) is 3.36. The molecule has 7 heteroatoms. The smallest absolute Gasteiger partial charge is 0.204 e. The van der Waals surface area contributed by atoms with E-state index in [0.29, 0.717) is 21.8 Å². The van der Waals surface area contributed by atoms with Gasteiger partial charge in [0, 0.05) is 16.6 Å². The van der Waals surface area contributed by atoms with Gasteiger partial charge in [0.1, 0.15) is 0 Å². The van der Waals surface area contributed by atoms with Gasteiger partial charge < -0.3 is 0 Å². The average molecular weight is 429 g/mol. The van der Waals surface area contributed by atoms with Crippen LogP contribution in [0.4, 0.5) is 0 Å². The van der Waals surface area contributed by atoms with E-state index in [2.05, 4.69) is 27.5 Å². The maximum absolute atomic E-state index is 13.4. The standard InChI is InChI=1S/C22H22Cl2N4O/c1-22(15-4-2-3-5-15)11-14-10-16(18(23)19(24)17(14)20(22)29)12-6-8-13(9-7-12)21-25-27-28-26-21/h6-9,14-15H,2-5,10-11H2,1H3,(H,25,26,27,28). The van der Waals surface area contributed by atoms with Crippen molar-refractivity contribution in [2.45, 2.75) is 45.4 Å². The van der Waals surface area contributed by atoms with E-state index in [1.54, 1.807) is 0 Å². The number of nitrogens with zero attached hydrogens (tertiary/aromatic N) is 3. The van der Waals surface area contributed by atoms with Gasteiger partial charge in [-0.05, 0) is 53.9 Å². The molecule has 1 aromatic heterocycles. The second kappa shape index (κ2) is 7.06. The molecular formula is C22H22Cl2N4O. The molecule has 5 nitrogen and oxygen atoms in total. The maximum atomic E-state index is 13.4. The molecule has 5 rings (SSSR count). The zero-order valence-corrected chi connectivity index (χ0v) is 17.7. The first-order valence-electron chi connectivity index (χ1n) is 10.2. The van der Waals surface area contributed by atoms with Crippen LogP contribution >= 0.6 is 23.2 Å². The number of tetrazole rings is 1. The number of rotatable bonds is 3. The van der Waals surface area contributed by atoms with E-state index in [4.69, 9.17) is 23.2 Å². The number of aromatic nitrogens is 4. The normalized spacial score (nSPS) is 27.8. The molecule has 0 spiro atoms. The van der Waals surface area contributed by atoms with Crippen molar-refractivity contribution in [3.05, 3.63) is 45.5 Å². The molecule has 2 aromatic rings. The van der Waals surface area contributed by atoms with Crippen molar-refractivity contribution in [1.82, 2.24) is 20.6 Å². The SMILES string of the molecule is CC1(C2CCCC2)CC2CC(c3ccc(-c4nn[nH]n4)cc3)=C(Cl)C(Cl)=C2C1=O. The molecule has 1 aromatic carbocycles. The Kier molecular flexibility index (Phi) is 4.63. The van der Waals surface area contributed by atoms with Gasteiger partial charge in [-0.2, -0.15) is 5.21 Å². The molecule has 29 heavy (non-hydrogen) atoms. The molecule has 2 unspecified atom stereocenters. The summed E-state index contributed by atoms with van der Waals surface area (Å²) >= 11 is 13.4. The second-order valence-electron chi connectivity index (χ2n) is 8.67. The molecule has 0 saturated heterocycles. The molecule has 2 fully saturated rings. The number of carbonyl (C=O) groups is 1. The van der Waals surface area contributed by atoms with Gasteiger partial charge in [-0.3, -0.25) is 4.79 Å². The summed E-state index contributed by atoms with van der Waals surface area (Å²) in [7, 11) is 0. The molecule has 0 amide bonds. The molecule has 0 bridgehead atoms. The minimum absolute atomic E-state index is 0.148. The molecule has 1 N–H and O–H groups in total. The summed E-state index contributed by atoms with van der Waals surface area (Å²) in [4.78, 5) is 13.4. The van der Waals surface area contributed by atoms with Crippen LogP contribution in [0, 0.1) is 17.3 Å². The first-order chi connectivity index (χ1) is 14.0. The highest BCUT2D eigenvalue weighted by Crippen LogP contribution is 2.57. The van der Waals surface area contributed by atoms with Gasteiger partial charge in [0.25, 0.3) is 0 Å². The van der Waals surface area contributed by atoms with Crippen LogP contribution in [-0.2, 0) is 4.79 Å². The highest BCUT2D eigenvalue weighted by atomic mass is 35.5. The number of fused-ring (bicyclic) bond motifs is 1. The lowest BCUT2D eigenvalue weighted by molar-refractivity contribution is -0.124. The van der Waals surface area contributed by atoms with Crippen molar-refractivity contribution < 1.29 is 4.79 Å². The number of nitrogens with one attached hydrogen (secondary N) is 1. The van der Waals surface area contributed by atoms with Crippen LogP contribution in [0.1, 0.15) is 51.0 Å². The third kappa shape index (κ3) is 2.98.